The van der Waals surface area contributed by atoms with E-state index in [0.29, 0.717) is 12.6 Å². The number of ether oxygens (including phenoxy) is 1. The van der Waals surface area contributed by atoms with Gasteiger partial charge in [0.15, 0.2) is 0 Å². The Labute approximate surface area is 108 Å². The van der Waals surface area contributed by atoms with Crippen LogP contribution in [-0.2, 0) is 11.3 Å². The molecule has 2 atom stereocenters. The smallest absolute Gasteiger partial charge is 0.126 e. The number of morpholine rings is 1. The van der Waals surface area contributed by atoms with Crippen LogP contribution in [0.25, 0.3) is 0 Å². The summed E-state index contributed by atoms with van der Waals surface area (Å²) in [6.07, 6.45) is -0.0753. The highest BCUT2D eigenvalue weighted by atomic mass is 16.5. The standard InChI is InChI=1S/C13H21N3O2/c1-10-9-18-12(8-17)7-16(10)6-11-4-3-5-13(14-2)15-11/h3-5,10,12,17H,6-9H2,1-2H3,(H,14,15). The van der Waals surface area contributed by atoms with E-state index in [1.165, 1.54) is 0 Å². The van der Waals surface area contributed by atoms with Crippen molar-refractivity contribution in [2.75, 3.05) is 32.1 Å². The zero-order valence-corrected chi connectivity index (χ0v) is 11.0. The van der Waals surface area contributed by atoms with Crippen LogP contribution in [0.5, 0.6) is 0 Å². The van der Waals surface area contributed by atoms with E-state index in [2.05, 4.69) is 22.1 Å². The Morgan fingerprint density at radius 2 is 2.39 bits per heavy atom. The molecule has 1 fully saturated rings. The molecule has 1 saturated heterocycles. The third kappa shape index (κ3) is 3.19. The molecule has 1 aliphatic heterocycles. The van der Waals surface area contributed by atoms with Gasteiger partial charge in [0, 0.05) is 26.2 Å². The first-order chi connectivity index (χ1) is 8.72. The van der Waals surface area contributed by atoms with E-state index < -0.39 is 0 Å². The lowest BCUT2D eigenvalue weighted by Gasteiger charge is -2.37. The summed E-state index contributed by atoms with van der Waals surface area (Å²) in [6, 6.07) is 6.33. The second-order valence-corrected chi connectivity index (χ2v) is 4.68. The molecule has 5 nitrogen and oxygen atoms in total. The summed E-state index contributed by atoms with van der Waals surface area (Å²) in [7, 11) is 1.87. The van der Waals surface area contributed by atoms with E-state index >= 15 is 0 Å². The van der Waals surface area contributed by atoms with Crippen LogP contribution < -0.4 is 5.32 Å². The van der Waals surface area contributed by atoms with Gasteiger partial charge < -0.3 is 15.2 Å². The minimum atomic E-state index is -0.0753. The largest absolute Gasteiger partial charge is 0.394 e. The molecule has 2 N–H and O–H groups in total. The zero-order valence-electron chi connectivity index (χ0n) is 11.0. The molecule has 0 spiro atoms. The Kier molecular flexibility index (Phi) is 4.52. The molecule has 2 rings (SSSR count). The molecule has 5 heteroatoms. The summed E-state index contributed by atoms with van der Waals surface area (Å²) in [5.74, 6) is 0.882. The Bertz CT molecular complexity index is 386. The number of hydrogen-bond donors (Lipinski definition) is 2. The van der Waals surface area contributed by atoms with E-state index in [0.717, 1.165) is 24.6 Å². The van der Waals surface area contributed by atoms with Gasteiger partial charge in [-0.1, -0.05) is 6.07 Å². The van der Waals surface area contributed by atoms with Gasteiger partial charge in [-0.25, -0.2) is 4.98 Å². The number of pyridine rings is 1. The maximum Gasteiger partial charge on any atom is 0.126 e. The molecule has 18 heavy (non-hydrogen) atoms. The summed E-state index contributed by atoms with van der Waals surface area (Å²) in [6.45, 7) is 4.42. The highest BCUT2D eigenvalue weighted by Crippen LogP contribution is 2.15. The van der Waals surface area contributed by atoms with Gasteiger partial charge in [-0.15, -0.1) is 0 Å². The average molecular weight is 251 g/mol. The summed E-state index contributed by atoms with van der Waals surface area (Å²) in [5, 5.41) is 12.2. The molecule has 100 valence electrons. The molecule has 0 amide bonds. The van der Waals surface area contributed by atoms with E-state index in [1.54, 1.807) is 0 Å². The SMILES string of the molecule is CNc1cccc(CN2CC(CO)OCC2C)n1. The van der Waals surface area contributed by atoms with Crippen molar-refractivity contribution in [2.45, 2.75) is 25.6 Å². The van der Waals surface area contributed by atoms with Crippen LogP contribution in [0.15, 0.2) is 18.2 Å². The molecule has 0 aliphatic carbocycles. The first-order valence-corrected chi connectivity index (χ1v) is 6.33. The second-order valence-electron chi connectivity index (χ2n) is 4.68. The summed E-state index contributed by atoms with van der Waals surface area (Å²) in [4.78, 5) is 6.81. The number of rotatable bonds is 4. The third-order valence-electron chi connectivity index (χ3n) is 3.27. The minimum absolute atomic E-state index is 0.0753. The number of anilines is 1. The first kappa shape index (κ1) is 13.3. The molecule has 2 unspecified atom stereocenters. The number of hydrogen-bond acceptors (Lipinski definition) is 5. The van der Waals surface area contributed by atoms with Crippen molar-refractivity contribution in [3.05, 3.63) is 23.9 Å². The van der Waals surface area contributed by atoms with Crippen LogP contribution in [0.2, 0.25) is 0 Å². The van der Waals surface area contributed by atoms with Crippen molar-refractivity contribution in [3.8, 4) is 0 Å². The molecule has 1 aliphatic rings. The van der Waals surface area contributed by atoms with Crippen molar-refractivity contribution in [1.82, 2.24) is 9.88 Å². The van der Waals surface area contributed by atoms with E-state index in [-0.39, 0.29) is 12.7 Å². The van der Waals surface area contributed by atoms with Gasteiger partial charge in [0.2, 0.25) is 0 Å². The van der Waals surface area contributed by atoms with Crippen molar-refractivity contribution >= 4 is 5.82 Å². The number of aliphatic hydroxyl groups is 1. The Morgan fingerprint density at radius 3 is 3.11 bits per heavy atom. The molecule has 0 bridgehead atoms. The minimum Gasteiger partial charge on any atom is -0.394 e. The van der Waals surface area contributed by atoms with Crippen LogP contribution in [0.1, 0.15) is 12.6 Å². The number of aromatic nitrogens is 1. The summed E-state index contributed by atoms with van der Waals surface area (Å²) < 4.78 is 5.53. The van der Waals surface area contributed by atoms with Crippen LogP contribution in [-0.4, -0.2) is 53.9 Å². The van der Waals surface area contributed by atoms with Crippen molar-refractivity contribution in [3.63, 3.8) is 0 Å². The van der Waals surface area contributed by atoms with Crippen LogP contribution >= 0.6 is 0 Å². The van der Waals surface area contributed by atoms with E-state index in [9.17, 15) is 0 Å². The van der Waals surface area contributed by atoms with Gasteiger partial charge >= 0.3 is 0 Å². The highest BCUT2D eigenvalue weighted by molar-refractivity contribution is 5.34. The van der Waals surface area contributed by atoms with Gasteiger partial charge in [0.25, 0.3) is 0 Å². The van der Waals surface area contributed by atoms with Gasteiger partial charge in [0.1, 0.15) is 5.82 Å². The maximum absolute atomic E-state index is 9.17. The van der Waals surface area contributed by atoms with E-state index in [1.807, 2.05) is 25.2 Å². The predicted molar refractivity (Wildman–Crippen MR) is 70.5 cm³/mol. The molecular formula is C13H21N3O2. The van der Waals surface area contributed by atoms with Crippen molar-refractivity contribution < 1.29 is 9.84 Å². The fourth-order valence-electron chi connectivity index (χ4n) is 2.12. The molecule has 1 aromatic heterocycles. The first-order valence-electron chi connectivity index (χ1n) is 6.33. The Hall–Kier alpha value is -1.17. The molecule has 0 saturated carbocycles. The lowest BCUT2D eigenvalue weighted by Crippen LogP contribution is -2.48. The zero-order chi connectivity index (χ0) is 13.0. The normalized spacial score (nSPS) is 25.1. The van der Waals surface area contributed by atoms with Gasteiger partial charge in [-0.2, -0.15) is 0 Å². The second kappa shape index (κ2) is 6.13. The lowest BCUT2D eigenvalue weighted by atomic mass is 10.2. The average Bonchev–Trinajstić information content (AvgIpc) is 2.41. The Balaban J connectivity index is 2.02. The molecule has 0 radical (unpaired) electrons. The van der Waals surface area contributed by atoms with Crippen LogP contribution in [0.3, 0.4) is 0 Å². The molecule has 2 heterocycles. The molecule has 1 aromatic rings. The topological polar surface area (TPSA) is 57.6 Å². The van der Waals surface area contributed by atoms with Gasteiger partial charge in [-0.05, 0) is 19.1 Å². The number of nitrogens with zero attached hydrogens (tertiary/aromatic N) is 2. The summed E-state index contributed by atoms with van der Waals surface area (Å²) >= 11 is 0. The molecular weight excluding hydrogens is 230 g/mol. The van der Waals surface area contributed by atoms with Gasteiger partial charge in [-0.3, -0.25) is 4.90 Å². The lowest BCUT2D eigenvalue weighted by molar-refractivity contribution is -0.0808. The molecule has 0 aromatic carbocycles. The third-order valence-corrected chi connectivity index (χ3v) is 3.27. The highest BCUT2D eigenvalue weighted by Gasteiger charge is 2.25. The van der Waals surface area contributed by atoms with Crippen LogP contribution in [0, 0.1) is 0 Å². The fraction of sp³-hybridized carbons (Fsp3) is 0.615. The fourth-order valence-corrected chi connectivity index (χ4v) is 2.12. The van der Waals surface area contributed by atoms with E-state index in [4.69, 9.17) is 9.84 Å². The maximum atomic E-state index is 9.17. The Morgan fingerprint density at radius 1 is 1.56 bits per heavy atom. The quantitative estimate of drug-likeness (QED) is 0.825. The van der Waals surface area contributed by atoms with Crippen molar-refractivity contribution in [2.24, 2.45) is 0 Å². The monoisotopic (exact) mass is 251 g/mol. The van der Waals surface area contributed by atoms with Crippen molar-refractivity contribution in [1.29, 1.82) is 0 Å². The van der Waals surface area contributed by atoms with Crippen LogP contribution in [0.4, 0.5) is 5.82 Å². The summed E-state index contributed by atoms with van der Waals surface area (Å²) in [5.41, 5.74) is 1.03. The number of nitrogens with one attached hydrogen (secondary N) is 1. The number of aliphatic hydroxyl groups excluding tert-OH is 1. The van der Waals surface area contributed by atoms with Gasteiger partial charge in [0.05, 0.1) is 25.0 Å². The predicted octanol–water partition coefficient (Wildman–Crippen LogP) is 0.705.